The Balaban J connectivity index is 2.20. The third kappa shape index (κ3) is 3.40. The Bertz CT molecular complexity index is 672. The first-order chi connectivity index (χ1) is 10.6. The minimum atomic E-state index is -0.377. The molecular weight excluding hydrogens is 304 g/mol. The summed E-state index contributed by atoms with van der Waals surface area (Å²) in [5.41, 5.74) is 6.95. The van der Waals surface area contributed by atoms with E-state index in [0.29, 0.717) is 23.6 Å². The number of hydrogen-bond acceptors (Lipinski definition) is 7. The number of rotatable bonds is 6. The molecule has 0 fully saturated rings. The van der Waals surface area contributed by atoms with Crippen molar-refractivity contribution in [3.8, 4) is 5.75 Å². The summed E-state index contributed by atoms with van der Waals surface area (Å²) in [5.74, 6) is 1.64. The zero-order valence-corrected chi connectivity index (χ0v) is 13.5. The smallest absolute Gasteiger partial charge is 0.337 e. The van der Waals surface area contributed by atoms with E-state index in [4.69, 9.17) is 15.2 Å². The summed E-state index contributed by atoms with van der Waals surface area (Å²) in [4.78, 5) is 11.6. The van der Waals surface area contributed by atoms with Gasteiger partial charge in [0.1, 0.15) is 11.6 Å². The van der Waals surface area contributed by atoms with Crippen LogP contribution in [0, 0.1) is 0 Å². The molecule has 0 amide bonds. The van der Waals surface area contributed by atoms with E-state index in [0.717, 1.165) is 16.5 Å². The highest BCUT2D eigenvalue weighted by atomic mass is 32.2. The fourth-order valence-corrected chi connectivity index (χ4v) is 2.83. The molecule has 0 aliphatic heterocycles. The topological polar surface area (TPSA) is 92.3 Å². The van der Waals surface area contributed by atoms with Gasteiger partial charge in [0.25, 0.3) is 0 Å². The van der Waals surface area contributed by atoms with E-state index in [1.807, 2.05) is 11.6 Å². The summed E-state index contributed by atoms with van der Waals surface area (Å²) in [7, 11) is 4.82. The Hall–Kier alpha value is -2.06. The highest BCUT2D eigenvalue weighted by molar-refractivity contribution is 7.98. The van der Waals surface area contributed by atoms with E-state index in [-0.39, 0.29) is 5.97 Å². The van der Waals surface area contributed by atoms with Crippen molar-refractivity contribution in [3.05, 3.63) is 35.2 Å². The van der Waals surface area contributed by atoms with E-state index in [9.17, 15) is 4.79 Å². The van der Waals surface area contributed by atoms with E-state index in [2.05, 4.69) is 10.2 Å². The lowest BCUT2D eigenvalue weighted by Gasteiger charge is -2.10. The predicted octanol–water partition coefficient (Wildman–Crippen LogP) is 1.36. The second-order valence-electron chi connectivity index (χ2n) is 4.47. The van der Waals surface area contributed by atoms with Crippen molar-refractivity contribution in [2.75, 3.05) is 14.2 Å². The van der Waals surface area contributed by atoms with Gasteiger partial charge in [-0.05, 0) is 18.2 Å². The Morgan fingerprint density at radius 1 is 1.36 bits per heavy atom. The number of carbonyl (C=O) groups excluding carboxylic acids is 1. The Morgan fingerprint density at radius 2 is 2.14 bits per heavy atom. The van der Waals surface area contributed by atoms with Crippen LogP contribution in [0.15, 0.2) is 23.4 Å². The molecule has 1 heterocycles. The summed E-state index contributed by atoms with van der Waals surface area (Å²) in [6.07, 6.45) is 0. The van der Waals surface area contributed by atoms with E-state index < -0.39 is 0 Å². The van der Waals surface area contributed by atoms with Crippen LogP contribution in [0.3, 0.4) is 0 Å². The highest BCUT2D eigenvalue weighted by Crippen LogP contribution is 2.28. The van der Waals surface area contributed by atoms with E-state index in [1.165, 1.54) is 18.9 Å². The Morgan fingerprint density at radius 3 is 2.73 bits per heavy atom. The van der Waals surface area contributed by atoms with Gasteiger partial charge in [0.2, 0.25) is 0 Å². The maximum Gasteiger partial charge on any atom is 0.337 e. The molecule has 0 atom stereocenters. The van der Waals surface area contributed by atoms with Crippen LogP contribution in [-0.2, 0) is 24.1 Å². The van der Waals surface area contributed by atoms with Gasteiger partial charge in [-0.25, -0.2) is 4.79 Å². The first-order valence-electron chi connectivity index (χ1n) is 6.57. The average Bonchev–Trinajstić information content (AvgIpc) is 2.91. The van der Waals surface area contributed by atoms with Gasteiger partial charge in [0.15, 0.2) is 5.16 Å². The van der Waals surface area contributed by atoms with Crippen molar-refractivity contribution < 1.29 is 14.3 Å². The van der Waals surface area contributed by atoms with Gasteiger partial charge < -0.3 is 19.8 Å². The molecular formula is C14H18N4O3S. The molecule has 2 rings (SSSR count). The van der Waals surface area contributed by atoms with Gasteiger partial charge in [0.05, 0.1) is 26.3 Å². The third-order valence-electron chi connectivity index (χ3n) is 3.17. The summed E-state index contributed by atoms with van der Waals surface area (Å²) in [6.45, 7) is 0.338. The van der Waals surface area contributed by atoms with Crippen molar-refractivity contribution in [2.45, 2.75) is 17.5 Å². The number of esters is 1. The molecule has 118 valence electrons. The summed E-state index contributed by atoms with van der Waals surface area (Å²) in [6, 6.07) is 5.19. The van der Waals surface area contributed by atoms with Gasteiger partial charge in [0, 0.05) is 18.4 Å². The Labute approximate surface area is 132 Å². The summed E-state index contributed by atoms with van der Waals surface area (Å²) >= 11 is 1.50. The molecule has 0 spiro atoms. The summed E-state index contributed by atoms with van der Waals surface area (Å²) in [5, 5.41) is 8.86. The first kappa shape index (κ1) is 16.3. The number of benzene rings is 1. The van der Waals surface area contributed by atoms with Gasteiger partial charge in [-0.1, -0.05) is 11.8 Å². The van der Waals surface area contributed by atoms with Crippen LogP contribution >= 0.6 is 11.8 Å². The number of carbonyl (C=O) groups is 1. The lowest BCUT2D eigenvalue weighted by atomic mass is 10.1. The van der Waals surface area contributed by atoms with Crippen LogP contribution in [0.2, 0.25) is 0 Å². The predicted molar refractivity (Wildman–Crippen MR) is 82.8 cm³/mol. The second-order valence-corrected chi connectivity index (χ2v) is 5.41. The van der Waals surface area contributed by atoms with Gasteiger partial charge in [-0.15, -0.1) is 10.2 Å². The highest BCUT2D eigenvalue weighted by Gasteiger charge is 2.13. The van der Waals surface area contributed by atoms with Crippen LogP contribution in [0.1, 0.15) is 21.7 Å². The maximum atomic E-state index is 11.6. The number of ether oxygens (including phenoxy) is 2. The molecule has 2 aromatic rings. The molecule has 8 heteroatoms. The number of hydrogen-bond donors (Lipinski definition) is 1. The number of nitrogens with two attached hydrogens (primary N) is 1. The van der Waals surface area contributed by atoms with Gasteiger partial charge in [-0.2, -0.15) is 0 Å². The largest absolute Gasteiger partial charge is 0.496 e. The average molecular weight is 322 g/mol. The van der Waals surface area contributed by atoms with Crippen molar-refractivity contribution >= 4 is 17.7 Å². The quantitative estimate of drug-likeness (QED) is 0.634. The number of thioether (sulfide) groups is 1. The SMILES string of the molecule is COC(=O)c1ccc(OC)c(CSc2nnc(CN)n2C)c1. The van der Waals surface area contributed by atoms with Gasteiger partial charge >= 0.3 is 5.97 Å². The van der Waals surface area contributed by atoms with Crippen LogP contribution in [-0.4, -0.2) is 35.0 Å². The van der Waals surface area contributed by atoms with Crippen LogP contribution in [0.25, 0.3) is 0 Å². The van der Waals surface area contributed by atoms with E-state index >= 15 is 0 Å². The standard InChI is InChI=1S/C14H18N4O3S/c1-18-12(7-15)16-17-14(18)22-8-10-6-9(13(19)21-3)4-5-11(10)20-2/h4-6H,7-8,15H2,1-3H3. The fourth-order valence-electron chi connectivity index (χ4n) is 1.93. The van der Waals surface area contributed by atoms with Crippen LogP contribution in [0.4, 0.5) is 0 Å². The second kappa shape index (κ2) is 7.28. The third-order valence-corrected chi connectivity index (χ3v) is 4.23. The molecule has 0 aliphatic rings. The lowest BCUT2D eigenvalue weighted by molar-refractivity contribution is 0.0600. The van der Waals surface area contributed by atoms with Crippen molar-refractivity contribution in [1.82, 2.24) is 14.8 Å². The minimum absolute atomic E-state index is 0.338. The number of methoxy groups -OCH3 is 2. The Kier molecular flexibility index (Phi) is 5.40. The molecule has 2 N–H and O–H groups in total. The van der Waals surface area contributed by atoms with E-state index in [1.54, 1.807) is 25.3 Å². The molecule has 0 radical (unpaired) electrons. The molecule has 1 aromatic heterocycles. The van der Waals surface area contributed by atoms with Crippen LogP contribution < -0.4 is 10.5 Å². The number of nitrogens with zero attached hydrogens (tertiary/aromatic N) is 3. The van der Waals surface area contributed by atoms with Gasteiger partial charge in [-0.3, -0.25) is 0 Å². The van der Waals surface area contributed by atoms with Crippen LogP contribution in [0.5, 0.6) is 5.75 Å². The number of aromatic nitrogens is 3. The fraction of sp³-hybridized carbons (Fsp3) is 0.357. The molecule has 0 aliphatic carbocycles. The molecule has 0 unspecified atom stereocenters. The zero-order chi connectivity index (χ0) is 16.1. The zero-order valence-electron chi connectivity index (χ0n) is 12.7. The summed E-state index contributed by atoms with van der Waals surface area (Å²) < 4.78 is 11.9. The van der Waals surface area contributed by atoms with Crippen molar-refractivity contribution in [1.29, 1.82) is 0 Å². The monoisotopic (exact) mass is 322 g/mol. The molecule has 7 nitrogen and oxygen atoms in total. The molecule has 0 bridgehead atoms. The van der Waals surface area contributed by atoms with Crippen molar-refractivity contribution in [3.63, 3.8) is 0 Å². The lowest BCUT2D eigenvalue weighted by Crippen LogP contribution is -2.05. The first-order valence-corrected chi connectivity index (χ1v) is 7.55. The molecule has 0 saturated carbocycles. The normalized spacial score (nSPS) is 10.5. The molecule has 22 heavy (non-hydrogen) atoms. The maximum absolute atomic E-state index is 11.6. The molecule has 0 saturated heterocycles. The minimum Gasteiger partial charge on any atom is -0.496 e. The van der Waals surface area contributed by atoms with Crippen molar-refractivity contribution in [2.24, 2.45) is 12.8 Å². The molecule has 1 aromatic carbocycles.